The summed E-state index contributed by atoms with van der Waals surface area (Å²) < 4.78 is 71.0. The molecule has 202 valence electrons. The highest BCUT2D eigenvalue weighted by atomic mass is 19.4. The van der Waals surface area contributed by atoms with E-state index in [1.165, 1.54) is 53.5 Å². The zero-order valence-electron chi connectivity index (χ0n) is 20.5. The maximum Gasteiger partial charge on any atom is 0.417 e. The van der Waals surface area contributed by atoms with Crippen molar-refractivity contribution in [1.82, 2.24) is 19.7 Å². The Balaban J connectivity index is 1.59. The molecular weight excluding hydrogens is 531 g/mol. The van der Waals surface area contributed by atoms with Crippen LogP contribution >= 0.6 is 0 Å². The van der Waals surface area contributed by atoms with E-state index < -0.39 is 40.4 Å². The fourth-order valence-corrected chi connectivity index (χ4v) is 4.04. The second-order valence-electron chi connectivity index (χ2n) is 8.61. The van der Waals surface area contributed by atoms with Crippen LogP contribution in [0.2, 0.25) is 0 Å². The third-order valence-corrected chi connectivity index (χ3v) is 5.94. The van der Waals surface area contributed by atoms with E-state index in [-0.39, 0.29) is 24.3 Å². The molecular formula is C28H19F5N6O. The summed E-state index contributed by atoms with van der Waals surface area (Å²) in [6.45, 7) is 0.275. The third kappa shape index (κ3) is 5.43. The van der Waals surface area contributed by atoms with Crippen molar-refractivity contribution in [3.63, 3.8) is 0 Å². The molecule has 0 unspecified atom stereocenters. The quantitative estimate of drug-likeness (QED) is 0.253. The molecule has 0 spiro atoms. The first-order chi connectivity index (χ1) is 19.1. The molecule has 0 saturated heterocycles. The van der Waals surface area contributed by atoms with Crippen LogP contribution < -0.4 is 11.1 Å². The minimum atomic E-state index is -4.93. The minimum absolute atomic E-state index is 0.0570. The van der Waals surface area contributed by atoms with Crippen molar-refractivity contribution in [2.75, 3.05) is 5.32 Å². The van der Waals surface area contributed by atoms with E-state index in [1.54, 1.807) is 18.2 Å². The number of anilines is 1. The molecule has 0 aliphatic carbocycles. The van der Waals surface area contributed by atoms with Crippen LogP contribution in [0.15, 0.2) is 85.2 Å². The molecule has 0 bridgehead atoms. The summed E-state index contributed by atoms with van der Waals surface area (Å²) >= 11 is 0. The molecule has 1 amide bonds. The summed E-state index contributed by atoms with van der Waals surface area (Å²) in [7, 11) is 0. The second kappa shape index (κ2) is 10.7. The summed E-state index contributed by atoms with van der Waals surface area (Å²) in [6, 6.07) is 16.3. The minimum Gasteiger partial charge on any atom is -0.326 e. The molecule has 2 aromatic heterocycles. The van der Waals surface area contributed by atoms with Crippen molar-refractivity contribution in [2.45, 2.75) is 12.7 Å². The van der Waals surface area contributed by atoms with Gasteiger partial charge in [-0.25, -0.2) is 23.4 Å². The molecule has 0 saturated carbocycles. The number of aromatic nitrogens is 4. The zero-order chi connectivity index (χ0) is 28.4. The van der Waals surface area contributed by atoms with Crippen LogP contribution in [0, 0.1) is 11.6 Å². The Morgan fingerprint density at radius 2 is 1.65 bits per heavy atom. The summed E-state index contributed by atoms with van der Waals surface area (Å²) in [6.07, 6.45) is -2.47. The first kappa shape index (κ1) is 26.6. The molecule has 0 radical (unpaired) electrons. The van der Waals surface area contributed by atoms with Crippen LogP contribution in [0.1, 0.15) is 21.5 Å². The Labute approximate surface area is 224 Å². The fraction of sp³-hybridized carbons (Fsp3) is 0.0714. The number of nitrogens with zero attached hydrogens (tertiary/aromatic N) is 4. The van der Waals surface area contributed by atoms with Gasteiger partial charge in [-0.3, -0.25) is 4.79 Å². The maximum absolute atomic E-state index is 15.0. The van der Waals surface area contributed by atoms with E-state index in [9.17, 15) is 26.7 Å². The summed E-state index contributed by atoms with van der Waals surface area (Å²) in [5.41, 5.74) is 5.42. The number of carbonyl (C=O) groups excluding carboxylic acids is 1. The van der Waals surface area contributed by atoms with Crippen molar-refractivity contribution in [3.8, 4) is 28.3 Å². The van der Waals surface area contributed by atoms with E-state index in [2.05, 4.69) is 20.4 Å². The highest BCUT2D eigenvalue weighted by Gasteiger charge is 2.36. The molecule has 3 aromatic carbocycles. The lowest BCUT2D eigenvalue weighted by Crippen LogP contribution is -2.18. The smallest absolute Gasteiger partial charge is 0.326 e. The van der Waals surface area contributed by atoms with E-state index in [1.807, 2.05) is 6.07 Å². The van der Waals surface area contributed by atoms with Gasteiger partial charge in [-0.15, -0.1) is 0 Å². The molecule has 3 N–H and O–H groups in total. The molecule has 0 aliphatic rings. The normalized spacial score (nSPS) is 11.4. The number of benzene rings is 3. The first-order valence-electron chi connectivity index (χ1n) is 11.8. The molecule has 0 atom stereocenters. The Kier molecular flexibility index (Phi) is 7.09. The number of carbonyl (C=O) groups is 1. The van der Waals surface area contributed by atoms with Crippen LogP contribution in [0.3, 0.4) is 0 Å². The van der Waals surface area contributed by atoms with Gasteiger partial charge in [0.2, 0.25) is 0 Å². The lowest BCUT2D eigenvalue weighted by atomic mass is 10.0. The molecule has 40 heavy (non-hydrogen) atoms. The zero-order valence-corrected chi connectivity index (χ0v) is 20.5. The average Bonchev–Trinajstić information content (AvgIpc) is 3.37. The van der Waals surface area contributed by atoms with Crippen LogP contribution in [0.25, 0.3) is 28.3 Å². The van der Waals surface area contributed by atoms with Crippen molar-refractivity contribution >= 4 is 11.7 Å². The van der Waals surface area contributed by atoms with Gasteiger partial charge in [-0.1, -0.05) is 18.2 Å². The number of hydrogen-bond acceptors (Lipinski definition) is 5. The number of alkyl halides is 3. The highest BCUT2D eigenvalue weighted by Crippen LogP contribution is 2.37. The number of halogens is 5. The topological polar surface area (TPSA) is 98.7 Å². The van der Waals surface area contributed by atoms with Crippen molar-refractivity contribution < 1.29 is 26.7 Å². The second-order valence-corrected chi connectivity index (χ2v) is 8.61. The van der Waals surface area contributed by atoms with Gasteiger partial charge in [0.25, 0.3) is 5.91 Å². The molecule has 0 aliphatic heterocycles. The van der Waals surface area contributed by atoms with Gasteiger partial charge in [0.1, 0.15) is 17.5 Å². The van der Waals surface area contributed by atoms with Crippen LogP contribution in [-0.2, 0) is 12.7 Å². The SMILES string of the molecule is NCc1cccc(-c2cc(NC(=O)c3cc(-c4ncccn4)c(C(F)(F)F)cc3F)n(-c3ccc(F)cc3)n2)c1. The molecule has 5 rings (SSSR count). The van der Waals surface area contributed by atoms with Crippen LogP contribution in [0.4, 0.5) is 27.8 Å². The van der Waals surface area contributed by atoms with Gasteiger partial charge in [-0.05, 0) is 54.1 Å². The van der Waals surface area contributed by atoms with Gasteiger partial charge in [0.05, 0.1) is 22.5 Å². The summed E-state index contributed by atoms with van der Waals surface area (Å²) in [5, 5.41) is 7.03. The van der Waals surface area contributed by atoms with Crippen molar-refractivity contribution in [2.24, 2.45) is 5.73 Å². The predicted molar refractivity (Wildman–Crippen MR) is 137 cm³/mol. The number of hydrogen-bond donors (Lipinski definition) is 2. The number of rotatable bonds is 6. The predicted octanol–water partition coefficient (Wildman–Crippen LogP) is 6.00. The molecule has 0 fully saturated rings. The van der Waals surface area contributed by atoms with Gasteiger partial charge in [0, 0.05) is 36.1 Å². The highest BCUT2D eigenvalue weighted by molar-refractivity contribution is 6.05. The summed E-state index contributed by atoms with van der Waals surface area (Å²) in [4.78, 5) is 20.9. The maximum atomic E-state index is 15.0. The Hall–Kier alpha value is -4.97. The Morgan fingerprint density at radius 3 is 2.33 bits per heavy atom. The van der Waals surface area contributed by atoms with Crippen molar-refractivity contribution in [3.05, 3.63) is 114 Å². The Morgan fingerprint density at radius 1 is 0.925 bits per heavy atom. The lowest BCUT2D eigenvalue weighted by molar-refractivity contribution is -0.137. The van der Waals surface area contributed by atoms with Gasteiger partial charge < -0.3 is 11.1 Å². The number of amides is 1. The average molecular weight is 550 g/mol. The monoisotopic (exact) mass is 550 g/mol. The number of nitrogens with one attached hydrogen (secondary N) is 1. The van der Waals surface area contributed by atoms with Crippen molar-refractivity contribution in [1.29, 1.82) is 0 Å². The lowest BCUT2D eigenvalue weighted by Gasteiger charge is -2.15. The molecule has 7 nitrogen and oxygen atoms in total. The number of nitrogens with two attached hydrogens (primary N) is 1. The van der Waals surface area contributed by atoms with E-state index in [0.29, 0.717) is 16.9 Å². The van der Waals surface area contributed by atoms with Crippen LogP contribution in [0.5, 0.6) is 0 Å². The third-order valence-electron chi connectivity index (χ3n) is 5.94. The summed E-state index contributed by atoms with van der Waals surface area (Å²) in [5.74, 6) is -3.22. The van der Waals surface area contributed by atoms with Gasteiger partial charge >= 0.3 is 6.18 Å². The van der Waals surface area contributed by atoms with Gasteiger partial charge in [-0.2, -0.15) is 18.3 Å². The van der Waals surface area contributed by atoms with Crippen LogP contribution in [-0.4, -0.2) is 25.7 Å². The largest absolute Gasteiger partial charge is 0.417 e. The van der Waals surface area contributed by atoms with E-state index in [0.717, 1.165) is 11.6 Å². The molecule has 12 heteroatoms. The molecule has 5 aromatic rings. The van der Waals surface area contributed by atoms with E-state index in [4.69, 9.17) is 5.73 Å². The molecule has 2 heterocycles. The Bertz CT molecular complexity index is 1680. The van der Waals surface area contributed by atoms with E-state index >= 15 is 0 Å². The standard InChI is InChI=1S/C28H19F5N6O/c29-18-5-7-19(8-6-18)39-25(14-24(38-39)17-4-1-3-16(11-17)15-34)37-27(40)21-12-20(26-35-9-2-10-36-26)22(13-23(21)30)28(31,32)33/h1-14H,15,34H2,(H,37,40). The fourth-order valence-electron chi connectivity index (χ4n) is 4.04. The first-order valence-corrected chi connectivity index (χ1v) is 11.8. The van der Waals surface area contributed by atoms with Gasteiger partial charge in [0.15, 0.2) is 5.82 Å².